The van der Waals surface area contributed by atoms with Crippen molar-refractivity contribution in [2.75, 3.05) is 12.8 Å². The summed E-state index contributed by atoms with van der Waals surface area (Å²) >= 11 is 0. The zero-order chi connectivity index (χ0) is 14.2. The number of nitrogens with zero attached hydrogens (tertiary/aromatic N) is 2. The zero-order valence-electron chi connectivity index (χ0n) is 11.6. The van der Waals surface area contributed by atoms with Crippen molar-refractivity contribution in [2.24, 2.45) is 7.05 Å². The molecule has 0 bridgehead atoms. The molecule has 2 aromatic rings. The summed E-state index contributed by atoms with van der Waals surface area (Å²) in [5.74, 6) is 0.686. The Labute approximate surface area is 112 Å². The number of aryl methyl sites for hydroxylation is 1. The summed E-state index contributed by atoms with van der Waals surface area (Å²) < 4.78 is 20.1. The molecule has 0 saturated heterocycles. The molecule has 1 heterocycles. The van der Waals surface area contributed by atoms with Gasteiger partial charge in [0.1, 0.15) is 5.82 Å². The number of hydrogen-bond donors (Lipinski definition) is 1. The number of ether oxygens (including phenoxy) is 1. The highest BCUT2D eigenvalue weighted by Gasteiger charge is 2.19. The van der Waals surface area contributed by atoms with Crippen LogP contribution < -0.4 is 10.5 Å². The number of rotatable bonds is 3. The van der Waals surface area contributed by atoms with Crippen molar-refractivity contribution >= 4 is 5.82 Å². The van der Waals surface area contributed by atoms with Crippen LogP contribution in [0.15, 0.2) is 18.2 Å². The lowest BCUT2D eigenvalue weighted by molar-refractivity contribution is 0.387. The average Bonchev–Trinajstić information content (AvgIpc) is 2.66. The van der Waals surface area contributed by atoms with Crippen LogP contribution in [0.3, 0.4) is 0 Å². The summed E-state index contributed by atoms with van der Waals surface area (Å²) in [6.07, 6.45) is 0. The molecule has 5 heteroatoms. The monoisotopic (exact) mass is 263 g/mol. The summed E-state index contributed by atoms with van der Waals surface area (Å²) in [6, 6.07) is 4.71. The van der Waals surface area contributed by atoms with Crippen LogP contribution in [0.5, 0.6) is 5.75 Å². The number of halogens is 1. The van der Waals surface area contributed by atoms with Gasteiger partial charge in [-0.2, -0.15) is 5.10 Å². The van der Waals surface area contributed by atoms with E-state index in [1.165, 1.54) is 13.2 Å². The minimum Gasteiger partial charge on any atom is -0.494 e. The quantitative estimate of drug-likeness (QED) is 0.926. The predicted octanol–water partition coefficient (Wildman–Crippen LogP) is 2.94. The van der Waals surface area contributed by atoms with Gasteiger partial charge >= 0.3 is 0 Å². The first-order chi connectivity index (χ1) is 8.95. The van der Waals surface area contributed by atoms with Gasteiger partial charge in [-0.25, -0.2) is 4.39 Å². The van der Waals surface area contributed by atoms with E-state index in [2.05, 4.69) is 18.9 Å². The van der Waals surface area contributed by atoms with Crippen LogP contribution in [0.4, 0.5) is 10.2 Å². The molecule has 1 aromatic heterocycles. The molecule has 0 radical (unpaired) electrons. The fraction of sp³-hybridized carbons (Fsp3) is 0.357. The first kappa shape index (κ1) is 13.4. The minimum absolute atomic E-state index is 0.205. The van der Waals surface area contributed by atoms with Crippen molar-refractivity contribution in [2.45, 2.75) is 19.8 Å². The Morgan fingerprint density at radius 3 is 2.63 bits per heavy atom. The van der Waals surface area contributed by atoms with E-state index < -0.39 is 0 Å². The molecule has 19 heavy (non-hydrogen) atoms. The highest BCUT2D eigenvalue weighted by atomic mass is 19.1. The SMILES string of the molecule is COc1cc(-c2nn(C)c(N)c2C(C)C)ccc1F. The molecule has 4 nitrogen and oxygen atoms in total. The second kappa shape index (κ2) is 4.91. The normalized spacial score (nSPS) is 11.1. The summed E-state index contributed by atoms with van der Waals surface area (Å²) in [5.41, 5.74) is 8.58. The van der Waals surface area contributed by atoms with Crippen LogP contribution in [-0.2, 0) is 7.05 Å². The van der Waals surface area contributed by atoms with E-state index in [0.717, 1.165) is 16.8 Å². The number of nitrogen functional groups attached to an aromatic ring is 1. The lowest BCUT2D eigenvalue weighted by Gasteiger charge is -2.08. The smallest absolute Gasteiger partial charge is 0.165 e. The largest absolute Gasteiger partial charge is 0.494 e. The summed E-state index contributed by atoms with van der Waals surface area (Å²) in [5, 5.41) is 4.42. The molecular formula is C14H18FN3O. The highest BCUT2D eigenvalue weighted by molar-refractivity contribution is 5.70. The van der Waals surface area contributed by atoms with Gasteiger partial charge in [-0.15, -0.1) is 0 Å². The maximum absolute atomic E-state index is 13.5. The number of aromatic nitrogens is 2. The Morgan fingerprint density at radius 1 is 1.37 bits per heavy atom. The summed E-state index contributed by atoms with van der Waals surface area (Å²) in [4.78, 5) is 0. The Morgan fingerprint density at radius 2 is 2.05 bits per heavy atom. The third-order valence-electron chi connectivity index (χ3n) is 3.13. The van der Waals surface area contributed by atoms with E-state index in [4.69, 9.17) is 10.5 Å². The van der Waals surface area contributed by atoms with Gasteiger partial charge in [0.2, 0.25) is 0 Å². The van der Waals surface area contributed by atoms with Gasteiger partial charge in [-0.3, -0.25) is 4.68 Å². The lowest BCUT2D eigenvalue weighted by atomic mass is 9.98. The van der Waals surface area contributed by atoms with E-state index in [-0.39, 0.29) is 17.5 Å². The highest BCUT2D eigenvalue weighted by Crippen LogP contribution is 2.34. The van der Waals surface area contributed by atoms with Crippen molar-refractivity contribution in [1.29, 1.82) is 0 Å². The van der Waals surface area contributed by atoms with Crippen LogP contribution in [-0.4, -0.2) is 16.9 Å². The van der Waals surface area contributed by atoms with Gasteiger partial charge < -0.3 is 10.5 Å². The maximum Gasteiger partial charge on any atom is 0.165 e. The Balaban J connectivity index is 2.62. The fourth-order valence-corrected chi connectivity index (χ4v) is 2.14. The van der Waals surface area contributed by atoms with Gasteiger partial charge in [0.25, 0.3) is 0 Å². The summed E-state index contributed by atoms with van der Waals surface area (Å²) in [7, 11) is 3.24. The molecule has 0 unspecified atom stereocenters. The molecule has 0 atom stereocenters. The van der Waals surface area contributed by atoms with Gasteiger partial charge in [-0.05, 0) is 24.1 Å². The molecule has 0 aliphatic rings. The van der Waals surface area contributed by atoms with E-state index >= 15 is 0 Å². The first-order valence-corrected chi connectivity index (χ1v) is 6.12. The molecule has 1 aromatic carbocycles. The van der Waals surface area contributed by atoms with Crippen LogP contribution >= 0.6 is 0 Å². The molecule has 0 spiro atoms. The van der Waals surface area contributed by atoms with Crippen molar-refractivity contribution in [3.05, 3.63) is 29.6 Å². The fourth-order valence-electron chi connectivity index (χ4n) is 2.14. The maximum atomic E-state index is 13.5. The second-order valence-corrected chi connectivity index (χ2v) is 4.78. The number of methoxy groups -OCH3 is 1. The molecule has 2 N–H and O–H groups in total. The molecule has 2 rings (SSSR count). The zero-order valence-corrected chi connectivity index (χ0v) is 11.6. The van der Waals surface area contributed by atoms with Crippen molar-refractivity contribution in [1.82, 2.24) is 9.78 Å². The van der Waals surface area contributed by atoms with E-state index in [1.54, 1.807) is 23.9 Å². The third kappa shape index (κ3) is 2.28. The van der Waals surface area contributed by atoms with E-state index in [9.17, 15) is 4.39 Å². The van der Waals surface area contributed by atoms with E-state index in [0.29, 0.717) is 5.82 Å². The molecule has 0 aliphatic carbocycles. The molecular weight excluding hydrogens is 245 g/mol. The summed E-state index contributed by atoms with van der Waals surface area (Å²) in [6.45, 7) is 4.11. The third-order valence-corrected chi connectivity index (χ3v) is 3.13. The number of benzene rings is 1. The van der Waals surface area contributed by atoms with Gasteiger partial charge in [0, 0.05) is 18.2 Å². The Kier molecular flexibility index (Phi) is 3.46. The average molecular weight is 263 g/mol. The van der Waals surface area contributed by atoms with Gasteiger partial charge in [0.15, 0.2) is 11.6 Å². The minimum atomic E-state index is -0.388. The molecule has 0 aliphatic heterocycles. The second-order valence-electron chi connectivity index (χ2n) is 4.78. The molecule has 0 fully saturated rings. The lowest BCUT2D eigenvalue weighted by Crippen LogP contribution is -2.00. The Hall–Kier alpha value is -2.04. The van der Waals surface area contributed by atoms with Gasteiger partial charge in [-0.1, -0.05) is 13.8 Å². The van der Waals surface area contributed by atoms with Crippen LogP contribution in [0.2, 0.25) is 0 Å². The van der Waals surface area contributed by atoms with Gasteiger partial charge in [0.05, 0.1) is 12.8 Å². The number of hydrogen-bond acceptors (Lipinski definition) is 3. The van der Waals surface area contributed by atoms with Crippen LogP contribution in [0, 0.1) is 5.82 Å². The Bertz CT molecular complexity index is 605. The number of anilines is 1. The van der Waals surface area contributed by atoms with Crippen LogP contribution in [0.1, 0.15) is 25.3 Å². The standard InChI is InChI=1S/C14H18FN3O/c1-8(2)12-13(17-18(3)14(12)16)9-5-6-10(15)11(7-9)19-4/h5-8H,16H2,1-4H3. The van der Waals surface area contributed by atoms with Crippen molar-refractivity contribution in [3.8, 4) is 17.0 Å². The molecule has 0 amide bonds. The van der Waals surface area contributed by atoms with Crippen LogP contribution in [0.25, 0.3) is 11.3 Å². The molecule has 102 valence electrons. The predicted molar refractivity (Wildman–Crippen MR) is 73.7 cm³/mol. The van der Waals surface area contributed by atoms with Crippen molar-refractivity contribution in [3.63, 3.8) is 0 Å². The number of nitrogens with two attached hydrogens (primary N) is 1. The van der Waals surface area contributed by atoms with Crippen molar-refractivity contribution < 1.29 is 9.13 Å². The first-order valence-electron chi connectivity index (χ1n) is 6.12. The molecule has 0 saturated carbocycles. The topological polar surface area (TPSA) is 53.1 Å². The van der Waals surface area contributed by atoms with E-state index in [1.807, 2.05) is 0 Å².